The Bertz CT molecular complexity index is 97.1. The maximum atomic E-state index is 10.5. The molecule has 0 heterocycles. The molecule has 0 fully saturated rings. The topological polar surface area (TPSA) is 26.3 Å². The van der Waals surface area contributed by atoms with Crippen molar-refractivity contribution in [1.29, 1.82) is 0 Å². The van der Waals surface area contributed by atoms with Crippen LogP contribution in [0.15, 0.2) is 6.08 Å². The van der Waals surface area contributed by atoms with Gasteiger partial charge in [0.2, 0.25) is 6.58 Å². The summed E-state index contributed by atoms with van der Waals surface area (Å²) in [4.78, 5) is 10.5. The average molecular weight is 127 g/mol. The smallest absolute Gasteiger partial charge is 0.306 e. The number of carbonyl (C=O) groups excluding carboxylic acids is 1. The van der Waals surface area contributed by atoms with Gasteiger partial charge in [-0.25, -0.2) is 0 Å². The van der Waals surface area contributed by atoms with Crippen molar-refractivity contribution in [3.8, 4) is 0 Å². The monoisotopic (exact) mass is 127 g/mol. The molecule has 0 radical (unpaired) electrons. The maximum Gasteiger partial charge on any atom is 0.306 e. The molecule has 0 rings (SSSR count). The van der Waals surface area contributed by atoms with Crippen molar-refractivity contribution in [2.45, 2.75) is 19.8 Å². The van der Waals surface area contributed by atoms with Crippen LogP contribution in [0, 0.1) is 6.58 Å². The minimum Gasteiger partial charge on any atom is -0.466 e. The van der Waals surface area contributed by atoms with Crippen LogP contribution < -0.4 is 0 Å². The van der Waals surface area contributed by atoms with E-state index in [1.54, 1.807) is 6.92 Å². The van der Waals surface area contributed by atoms with E-state index in [1.807, 2.05) is 0 Å². The molecule has 50 valence electrons. The highest BCUT2D eigenvalue weighted by Gasteiger charge is 1.98. The van der Waals surface area contributed by atoms with Gasteiger partial charge in [0.1, 0.15) is 0 Å². The lowest BCUT2D eigenvalue weighted by molar-refractivity contribution is -0.142. The zero-order valence-electron chi connectivity index (χ0n) is 5.59. The molecule has 0 amide bonds. The van der Waals surface area contributed by atoms with Gasteiger partial charge in [-0.2, -0.15) is 0 Å². The summed E-state index contributed by atoms with van der Waals surface area (Å²) in [5.74, 6) is -0.181. The highest BCUT2D eigenvalue weighted by atomic mass is 16.5. The number of carbonyl (C=O) groups is 1. The molecule has 0 aliphatic heterocycles. The van der Waals surface area contributed by atoms with Gasteiger partial charge in [0.05, 0.1) is 13.0 Å². The molecular weight excluding hydrogens is 116 g/mol. The number of ether oxygens (including phenoxy) is 1. The molecule has 0 aromatic heterocycles. The molecule has 0 atom stereocenters. The fourth-order valence-corrected chi connectivity index (χ4v) is 0.434. The normalized spacial score (nSPS) is 8.44. The van der Waals surface area contributed by atoms with Crippen molar-refractivity contribution in [2.75, 3.05) is 6.61 Å². The second kappa shape index (κ2) is 5.26. The zero-order valence-corrected chi connectivity index (χ0v) is 5.59. The van der Waals surface area contributed by atoms with Crippen molar-refractivity contribution in [2.24, 2.45) is 0 Å². The van der Waals surface area contributed by atoms with Gasteiger partial charge in [0, 0.05) is 6.42 Å². The molecule has 0 aliphatic rings. The Morgan fingerprint density at radius 1 is 1.78 bits per heavy atom. The molecule has 0 aliphatic carbocycles. The average Bonchev–Trinajstić information content (AvgIpc) is 1.85. The van der Waals surface area contributed by atoms with Crippen LogP contribution in [0.25, 0.3) is 0 Å². The van der Waals surface area contributed by atoms with E-state index < -0.39 is 0 Å². The van der Waals surface area contributed by atoms with Crippen LogP contribution in [0.4, 0.5) is 0 Å². The third-order valence-corrected chi connectivity index (χ3v) is 0.820. The first-order valence-electron chi connectivity index (χ1n) is 3.00. The first kappa shape index (κ1) is 8.12. The van der Waals surface area contributed by atoms with Gasteiger partial charge in [-0.05, 0) is 6.92 Å². The summed E-state index contributed by atoms with van der Waals surface area (Å²) in [6.45, 7) is 7.27. The van der Waals surface area contributed by atoms with Gasteiger partial charge in [-0.1, -0.05) is 0 Å². The molecule has 0 saturated heterocycles. The number of esters is 1. The van der Waals surface area contributed by atoms with Gasteiger partial charge < -0.3 is 4.74 Å². The molecule has 0 bridgehead atoms. The van der Waals surface area contributed by atoms with Crippen LogP contribution in [-0.4, -0.2) is 12.6 Å². The second-order valence-electron chi connectivity index (χ2n) is 1.58. The highest BCUT2D eigenvalue weighted by molar-refractivity contribution is 5.69. The summed E-state index contributed by atoms with van der Waals surface area (Å²) >= 11 is 0. The van der Waals surface area contributed by atoms with Crippen molar-refractivity contribution < 1.29 is 9.53 Å². The van der Waals surface area contributed by atoms with Gasteiger partial charge in [0.15, 0.2) is 6.08 Å². The summed E-state index contributed by atoms with van der Waals surface area (Å²) in [5, 5.41) is 0. The van der Waals surface area contributed by atoms with E-state index >= 15 is 0 Å². The third-order valence-electron chi connectivity index (χ3n) is 0.820. The summed E-state index contributed by atoms with van der Waals surface area (Å²) in [6, 6.07) is 0. The molecule has 0 unspecified atom stereocenters. The van der Waals surface area contributed by atoms with Crippen LogP contribution in [0.1, 0.15) is 19.8 Å². The van der Waals surface area contributed by atoms with E-state index in [0.717, 1.165) is 0 Å². The SMILES string of the molecule is [CH+]=CCCC(=O)OCC. The Kier molecular flexibility index (Phi) is 4.75. The van der Waals surface area contributed by atoms with Crippen LogP contribution in [0.5, 0.6) is 0 Å². The number of rotatable bonds is 4. The van der Waals surface area contributed by atoms with Gasteiger partial charge in [-0.3, -0.25) is 4.79 Å². The van der Waals surface area contributed by atoms with Crippen LogP contribution in [0.3, 0.4) is 0 Å². The number of hydrogen-bond acceptors (Lipinski definition) is 2. The number of allylic oxidation sites excluding steroid dienone is 1. The number of hydrogen-bond donors (Lipinski definition) is 0. The summed E-state index contributed by atoms with van der Waals surface area (Å²) in [6.07, 6.45) is 2.44. The van der Waals surface area contributed by atoms with E-state index in [9.17, 15) is 4.79 Å². The lowest BCUT2D eigenvalue weighted by atomic mass is 10.3. The fraction of sp³-hybridized carbons (Fsp3) is 0.571. The highest BCUT2D eigenvalue weighted by Crippen LogP contribution is 1.91. The van der Waals surface area contributed by atoms with Crippen molar-refractivity contribution in [1.82, 2.24) is 0 Å². The van der Waals surface area contributed by atoms with Crippen molar-refractivity contribution in [3.05, 3.63) is 12.7 Å². The van der Waals surface area contributed by atoms with Gasteiger partial charge in [-0.15, -0.1) is 0 Å². The zero-order chi connectivity index (χ0) is 7.11. The van der Waals surface area contributed by atoms with Crippen LogP contribution in [0.2, 0.25) is 0 Å². The quantitative estimate of drug-likeness (QED) is 0.420. The van der Waals surface area contributed by atoms with Crippen molar-refractivity contribution in [3.63, 3.8) is 0 Å². The van der Waals surface area contributed by atoms with E-state index in [-0.39, 0.29) is 5.97 Å². The molecule has 2 heteroatoms. The van der Waals surface area contributed by atoms with Crippen LogP contribution >= 0.6 is 0 Å². The Morgan fingerprint density at radius 2 is 2.44 bits per heavy atom. The van der Waals surface area contributed by atoms with E-state index in [4.69, 9.17) is 6.58 Å². The van der Waals surface area contributed by atoms with Crippen LogP contribution in [-0.2, 0) is 9.53 Å². The molecule has 0 aromatic rings. The Hall–Kier alpha value is -0.880. The maximum absolute atomic E-state index is 10.5. The largest absolute Gasteiger partial charge is 0.466 e. The summed E-state index contributed by atoms with van der Waals surface area (Å²) in [7, 11) is 0. The van der Waals surface area contributed by atoms with Gasteiger partial charge in [0.25, 0.3) is 0 Å². The lowest BCUT2D eigenvalue weighted by Gasteiger charge is -1.95. The van der Waals surface area contributed by atoms with E-state index in [1.165, 1.54) is 6.08 Å². The first-order valence-corrected chi connectivity index (χ1v) is 3.00. The van der Waals surface area contributed by atoms with Crippen molar-refractivity contribution >= 4 is 5.97 Å². The standard InChI is InChI=1S/C7H11O2/c1-3-5-6-7(8)9-4-2/h1,3H,4-6H2,2H3/q+1. The van der Waals surface area contributed by atoms with E-state index in [2.05, 4.69) is 4.74 Å². The Labute approximate surface area is 55.5 Å². The molecular formula is C7H11O2+. The molecule has 9 heavy (non-hydrogen) atoms. The molecule has 0 spiro atoms. The minimum atomic E-state index is -0.181. The molecule has 0 saturated carbocycles. The molecule has 2 nitrogen and oxygen atoms in total. The second-order valence-corrected chi connectivity index (χ2v) is 1.58. The third kappa shape index (κ3) is 4.98. The lowest BCUT2D eigenvalue weighted by Crippen LogP contribution is -2.02. The van der Waals surface area contributed by atoms with E-state index in [0.29, 0.717) is 19.4 Å². The Morgan fingerprint density at radius 3 is 2.89 bits per heavy atom. The molecule has 0 aromatic carbocycles. The summed E-state index contributed by atoms with van der Waals surface area (Å²) in [5.41, 5.74) is 0. The predicted molar refractivity (Wildman–Crippen MR) is 34.7 cm³/mol. The minimum absolute atomic E-state index is 0.181. The molecule has 0 N–H and O–H groups in total. The first-order chi connectivity index (χ1) is 4.31. The summed E-state index contributed by atoms with van der Waals surface area (Å²) < 4.78 is 4.63. The van der Waals surface area contributed by atoms with Gasteiger partial charge >= 0.3 is 5.97 Å². The Balaban J connectivity index is 3.16. The fourth-order valence-electron chi connectivity index (χ4n) is 0.434. The predicted octanol–water partition coefficient (Wildman–Crippen LogP) is 1.32.